The van der Waals surface area contributed by atoms with Gasteiger partial charge in [0.2, 0.25) is 10.0 Å². The molecule has 0 unspecified atom stereocenters. The molecule has 1 atom stereocenters. The first-order valence-corrected chi connectivity index (χ1v) is 10.2. The van der Waals surface area contributed by atoms with E-state index in [4.69, 9.17) is 16.3 Å². The molecule has 3 rings (SSSR count). The number of benzene rings is 2. The van der Waals surface area contributed by atoms with Gasteiger partial charge in [-0.05, 0) is 55.3 Å². The largest absolute Gasteiger partial charge is 0.377 e. The molecule has 1 saturated heterocycles. The molecule has 0 aliphatic carbocycles. The summed E-state index contributed by atoms with van der Waals surface area (Å²) in [5.41, 5.74) is 0.182. The Balaban J connectivity index is 1.65. The Morgan fingerprint density at radius 2 is 1.96 bits per heavy atom. The number of sulfonamides is 1. The van der Waals surface area contributed by atoms with Crippen molar-refractivity contribution >= 4 is 33.2 Å². The Hall–Kier alpha value is -2.00. The summed E-state index contributed by atoms with van der Waals surface area (Å²) < 4.78 is 46.3. The van der Waals surface area contributed by atoms with E-state index in [1.807, 2.05) is 0 Å². The van der Waals surface area contributed by atoms with Crippen molar-refractivity contribution in [3.05, 3.63) is 58.9 Å². The summed E-state index contributed by atoms with van der Waals surface area (Å²) in [4.78, 5) is 12.3. The molecule has 2 aromatic carbocycles. The molecule has 2 N–H and O–H groups in total. The summed E-state index contributed by atoms with van der Waals surface area (Å²) >= 11 is 5.67. The van der Waals surface area contributed by atoms with Crippen LogP contribution in [0.15, 0.2) is 47.4 Å². The van der Waals surface area contributed by atoms with Gasteiger partial charge in [-0.2, -0.15) is 0 Å². The molecule has 9 heteroatoms. The van der Waals surface area contributed by atoms with Gasteiger partial charge >= 0.3 is 0 Å². The Kier molecular flexibility index (Phi) is 6.11. The number of anilines is 1. The van der Waals surface area contributed by atoms with E-state index in [0.717, 1.165) is 18.9 Å². The highest BCUT2D eigenvalue weighted by Crippen LogP contribution is 2.20. The monoisotopic (exact) mass is 412 g/mol. The van der Waals surface area contributed by atoms with Crippen molar-refractivity contribution in [3.8, 4) is 0 Å². The van der Waals surface area contributed by atoms with E-state index >= 15 is 0 Å². The van der Waals surface area contributed by atoms with Crippen LogP contribution in [0.3, 0.4) is 0 Å². The van der Waals surface area contributed by atoms with Crippen LogP contribution in [0, 0.1) is 5.82 Å². The van der Waals surface area contributed by atoms with E-state index in [1.165, 1.54) is 36.4 Å². The van der Waals surface area contributed by atoms with Crippen molar-refractivity contribution in [1.29, 1.82) is 0 Å². The highest BCUT2D eigenvalue weighted by atomic mass is 35.5. The zero-order chi connectivity index (χ0) is 19.4. The van der Waals surface area contributed by atoms with Gasteiger partial charge in [0, 0.05) is 23.7 Å². The second-order valence-electron chi connectivity index (χ2n) is 6.09. The lowest BCUT2D eigenvalue weighted by Crippen LogP contribution is -2.31. The number of rotatable bonds is 6. The van der Waals surface area contributed by atoms with Gasteiger partial charge in [-0.1, -0.05) is 11.6 Å². The lowest BCUT2D eigenvalue weighted by molar-refractivity contribution is 0.102. The van der Waals surface area contributed by atoms with Crippen LogP contribution in [0.4, 0.5) is 10.1 Å². The smallest absolute Gasteiger partial charge is 0.255 e. The number of amides is 1. The maximum atomic E-state index is 13.8. The first kappa shape index (κ1) is 19.8. The van der Waals surface area contributed by atoms with Crippen LogP contribution in [-0.2, 0) is 14.8 Å². The molecule has 1 amide bonds. The minimum atomic E-state index is -3.70. The molecule has 0 spiro atoms. The van der Waals surface area contributed by atoms with Crippen LogP contribution in [0.25, 0.3) is 0 Å². The van der Waals surface area contributed by atoms with Gasteiger partial charge in [-0.25, -0.2) is 17.5 Å². The normalized spacial score (nSPS) is 17.0. The van der Waals surface area contributed by atoms with Crippen LogP contribution in [0.2, 0.25) is 5.02 Å². The van der Waals surface area contributed by atoms with Gasteiger partial charge in [-0.15, -0.1) is 0 Å². The van der Waals surface area contributed by atoms with Crippen LogP contribution in [-0.4, -0.2) is 33.6 Å². The number of hydrogen-bond acceptors (Lipinski definition) is 4. The second kappa shape index (κ2) is 8.35. The quantitative estimate of drug-likeness (QED) is 0.763. The van der Waals surface area contributed by atoms with Crippen molar-refractivity contribution in [1.82, 2.24) is 4.72 Å². The third kappa shape index (κ3) is 5.04. The first-order valence-electron chi connectivity index (χ1n) is 8.33. The number of halogens is 2. The molecule has 144 valence electrons. The summed E-state index contributed by atoms with van der Waals surface area (Å²) in [6.07, 6.45) is 1.63. The summed E-state index contributed by atoms with van der Waals surface area (Å²) in [6, 6.07) is 9.27. The number of nitrogens with one attached hydrogen (secondary N) is 2. The van der Waals surface area contributed by atoms with Crippen molar-refractivity contribution in [3.63, 3.8) is 0 Å². The van der Waals surface area contributed by atoms with Gasteiger partial charge in [0.05, 0.1) is 16.7 Å². The van der Waals surface area contributed by atoms with Gasteiger partial charge in [0.15, 0.2) is 0 Å². The standard InChI is InChI=1S/C18H18ClFN2O4S/c19-13-5-8-17(16(20)10-13)22-18(23)12-3-6-15(7-4-12)27(24,25)21-11-14-2-1-9-26-14/h3-8,10,14,21H,1-2,9,11H2,(H,22,23)/t14-/m1/s1. The SMILES string of the molecule is O=C(Nc1ccc(Cl)cc1F)c1ccc(S(=O)(=O)NC[C@H]2CCCO2)cc1. The van der Waals surface area contributed by atoms with Gasteiger partial charge in [-0.3, -0.25) is 4.79 Å². The molecule has 1 aliphatic rings. The molecule has 1 fully saturated rings. The Labute approximate surface area is 161 Å². The predicted octanol–water partition coefficient (Wildman–Crippen LogP) is 3.19. The molecule has 0 saturated carbocycles. The number of ether oxygens (including phenoxy) is 1. The molecule has 0 aromatic heterocycles. The summed E-state index contributed by atoms with van der Waals surface area (Å²) in [6.45, 7) is 0.852. The van der Waals surface area contributed by atoms with Gasteiger partial charge in [0.1, 0.15) is 5.82 Å². The van der Waals surface area contributed by atoms with E-state index in [-0.39, 0.29) is 33.8 Å². The summed E-state index contributed by atoms with van der Waals surface area (Å²) in [5, 5.41) is 2.64. The predicted molar refractivity (Wildman–Crippen MR) is 100.0 cm³/mol. The van der Waals surface area contributed by atoms with E-state index in [9.17, 15) is 17.6 Å². The zero-order valence-corrected chi connectivity index (χ0v) is 15.8. The lowest BCUT2D eigenvalue weighted by Gasteiger charge is -2.12. The van der Waals surface area contributed by atoms with E-state index in [2.05, 4.69) is 10.0 Å². The molecule has 1 heterocycles. The minimum Gasteiger partial charge on any atom is -0.377 e. The van der Waals surface area contributed by atoms with Crippen LogP contribution >= 0.6 is 11.6 Å². The van der Waals surface area contributed by atoms with Crippen molar-refractivity contribution in [2.45, 2.75) is 23.8 Å². The highest BCUT2D eigenvalue weighted by molar-refractivity contribution is 7.89. The first-order chi connectivity index (χ1) is 12.8. The average Bonchev–Trinajstić information content (AvgIpc) is 3.16. The fourth-order valence-electron chi connectivity index (χ4n) is 2.66. The Morgan fingerprint density at radius 1 is 1.22 bits per heavy atom. The molecule has 1 aliphatic heterocycles. The van der Waals surface area contributed by atoms with E-state index in [0.29, 0.717) is 6.61 Å². The molecular weight excluding hydrogens is 395 g/mol. The number of carbonyl (C=O) groups is 1. The fourth-order valence-corrected chi connectivity index (χ4v) is 3.89. The summed E-state index contributed by atoms with van der Waals surface area (Å²) in [7, 11) is -3.70. The van der Waals surface area contributed by atoms with Gasteiger partial charge < -0.3 is 10.1 Å². The number of carbonyl (C=O) groups excluding carboxylic acids is 1. The molecule has 27 heavy (non-hydrogen) atoms. The van der Waals surface area contributed by atoms with Gasteiger partial charge in [0.25, 0.3) is 5.91 Å². The maximum absolute atomic E-state index is 13.8. The molecular formula is C18H18ClFN2O4S. The highest BCUT2D eigenvalue weighted by Gasteiger charge is 2.20. The third-order valence-electron chi connectivity index (χ3n) is 4.13. The van der Waals surface area contributed by atoms with Crippen molar-refractivity contribution < 1.29 is 22.3 Å². The summed E-state index contributed by atoms with van der Waals surface area (Å²) in [5.74, 6) is -1.22. The third-order valence-corrected chi connectivity index (χ3v) is 5.81. The minimum absolute atomic E-state index is 0.0145. The van der Waals surface area contributed by atoms with Crippen LogP contribution in [0.1, 0.15) is 23.2 Å². The van der Waals surface area contributed by atoms with E-state index in [1.54, 1.807) is 0 Å². The van der Waals surface area contributed by atoms with Crippen molar-refractivity contribution in [2.75, 3.05) is 18.5 Å². The second-order valence-corrected chi connectivity index (χ2v) is 8.29. The Morgan fingerprint density at radius 3 is 2.59 bits per heavy atom. The van der Waals surface area contributed by atoms with E-state index < -0.39 is 21.7 Å². The molecule has 6 nitrogen and oxygen atoms in total. The van der Waals surface area contributed by atoms with Crippen LogP contribution < -0.4 is 10.0 Å². The fraction of sp³-hybridized carbons (Fsp3) is 0.278. The van der Waals surface area contributed by atoms with Crippen LogP contribution in [0.5, 0.6) is 0 Å². The Bertz CT molecular complexity index is 929. The number of hydrogen-bond donors (Lipinski definition) is 2. The topological polar surface area (TPSA) is 84.5 Å². The molecule has 2 aromatic rings. The molecule has 0 radical (unpaired) electrons. The molecule has 0 bridgehead atoms. The average molecular weight is 413 g/mol. The van der Waals surface area contributed by atoms with Crippen molar-refractivity contribution in [2.24, 2.45) is 0 Å². The lowest BCUT2D eigenvalue weighted by atomic mass is 10.2. The maximum Gasteiger partial charge on any atom is 0.255 e. The zero-order valence-electron chi connectivity index (χ0n) is 14.2.